The van der Waals surface area contributed by atoms with E-state index in [1.54, 1.807) is 12.1 Å². The number of nitrogens with zero attached hydrogens (tertiary/aromatic N) is 3. The van der Waals surface area contributed by atoms with Crippen LogP contribution in [-0.2, 0) is 10.0 Å². The highest BCUT2D eigenvalue weighted by Gasteiger charge is 2.29. The first-order valence-electron chi connectivity index (χ1n) is 7.50. The largest absolute Gasteiger partial charge is 0.357 e. The Balaban J connectivity index is 3.15. The molecule has 0 amide bonds. The fraction of sp³-hybridized carbons (Fsp3) is 0.667. The van der Waals surface area contributed by atoms with E-state index in [0.717, 1.165) is 18.9 Å². The van der Waals surface area contributed by atoms with Gasteiger partial charge in [-0.15, -0.1) is 0 Å². The zero-order valence-electron chi connectivity index (χ0n) is 13.9. The smallest absolute Gasteiger partial charge is 0.245 e. The van der Waals surface area contributed by atoms with Crippen molar-refractivity contribution in [2.45, 2.75) is 58.5 Å². The summed E-state index contributed by atoms with van der Waals surface area (Å²) in [6.45, 7) is 13.3. The summed E-state index contributed by atoms with van der Waals surface area (Å²) in [7, 11) is -3.50. The predicted octanol–water partition coefficient (Wildman–Crippen LogP) is 2.74. The van der Waals surface area contributed by atoms with E-state index < -0.39 is 10.0 Å². The molecule has 0 aliphatic heterocycles. The molecule has 120 valence electrons. The van der Waals surface area contributed by atoms with Gasteiger partial charge in [0.15, 0.2) is 0 Å². The summed E-state index contributed by atoms with van der Waals surface area (Å²) in [5.41, 5.74) is 0. The van der Waals surface area contributed by atoms with Crippen molar-refractivity contribution in [2.24, 2.45) is 0 Å². The lowest BCUT2D eigenvalue weighted by Gasteiger charge is -2.29. The van der Waals surface area contributed by atoms with Gasteiger partial charge in [0.1, 0.15) is 10.7 Å². The second-order valence-electron chi connectivity index (χ2n) is 5.55. The standard InChI is InChI=1S/C15H27N3O2S/c1-7-17(8-2)15-10-9-14(11-16-15)21(19,20)18(12(3)4)13(5)6/h9-13H,7-8H2,1-6H3. The normalized spacial score (nSPS) is 12.4. The Morgan fingerprint density at radius 2 is 1.57 bits per heavy atom. The zero-order valence-corrected chi connectivity index (χ0v) is 14.7. The summed E-state index contributed by atoms with van der Waals surface area (Å²) in [6, 6.07) is 3.25. The Morgan fingerprint density at radius 3 is 1.90 bits per heavy atom. The van der Waals surface area contributed by atoms with Gasteiger partial charge >= 0.3 is 0 Å². The molecule has 1 rings (SSSR count). The summed E-state index contributed by atoms with van der Waals surface area (Å²) in [5, 5.41) is 0. The van der Waals surface area contributed by atoms with Crippen LogP contribution in [-0.4, -0.2) is 42.9 Å². The Bertz CT molecular complexity index is 527. The fourth-order valence-corrected chi connectivity index (χ4v) is 4.31. The number of anilines is 1. The van der Waals surface area contributed by atoms with Gasteiger partial charge in [-0.2, -0.15) is 4.31 Å². The Morgan fingerprint density at radius 1 is 1.05 bits per heavy atom. The van der Waals surface area contributed by atoms with Crippen molar-refractivity contribution in [3.63, 3.8) is 0 Å². The molecule has 1 aromatic heterocycles. The lowest BCUT2D eigenvalue weighted by Crippen LogP contribution is -2.42. The van der Waals surface area contributed by atoms with Crippen LogP contribution in [0.5, 0.6) is 0 Å². The predicted molar refractivity (Wildman–Crippen MR) is 87.1 cm³/mol. The number of aromatic nitrogens is 1. The third-order valence-corrected chi connectivity index (χ3v) is 5.64. The van der Waals surface area contributed by atoms with E-state index in [1.807, 2.05) is 27.7 Å². The van der Waals surface area contributed by atoms with Crippen LogP contribution in [0.25, 0.3) is 0 Å². The molecular formula is C15H27N3O2S. The maximum Gasteiger partial charge on any atom is 0.245 e. The average Bonchev–Trinajstić information content (AvgIpc) is 2.39. The third-order valence-electron chi connectivity index (χ3n) is 3.40. The molecule has 0 N–H and O–H groups in total. The Kier molecular flexibility index (Phi) is 6.16. The molecule has 5 nitrogen and oxygen atoms in total. The average molecular weight is 313 g/mol. The monoisotopic (exact) mass is 313 g/mol. The van der Waals surface area contributed by atoms with Gasteiger partial charge in [-0.05, 0) is 53.7 Å². The molecule has 6 heteroatoms. The molecule has 0 unspecified atom stereocenters. The topological polar surface area (TPSA) is 53.5 Å². The molecule has 0 aliphatic rings. The van der Waals surface area contributed by atoms with Gasteiger partial charge in [-0.1, -0.05) is 0 Å². The first-order chi connectivity index (χ1) is 9.75. The summed E-state index contributed by atoms with van der Waals surface area (Å²) < 4.78 is 26.9. The molecule has 1 aromatic rings. The van der Waals surface area contributed by atoms with Gasteiger partial charge < -0.3 is 4.90 Å². The van der Waals surface area contributed by atoms with Crippen molar-refractivity contribution in [3.8, 4) is 0 Å². The summed E-state index contributed by atoms with van der Waals surface area (Å²) >= 11 is 0. The molecule has 0 aliphatic carbocycles. The Labute approximate surface area is 129 Å². The van der Waals surface area contributed by atoms with Crippen molar-refractivity contribution in [1.82, 2.24) is 9.29 Å². The molecule has 0 radical (unpaired) electrons. The lowest BCUT2D eigenvalue weighted by molar-refractivity contribution is 0.302. The highest BCUT2D eigenvalue weighted by Crippen LogP contribution is 2.22. The minimum Gasteiger partial charge on any atom is -0.357 e. The fourth-order valence-electron chi connectivity index (χ4n) is 2.53. The quantitative estimate of drug-likeness (QED) is 0.776. The van der Waals surface area contributed by atoms with Crippen molar-refractivity contribution in [2.75, 3.05) is 18.0 Å². The van der Waals surface area contributed by atoms with Crippen LogP contribution < -0.4 is 4.90 Å². The van der Waals surface area contributed by atoms with Crippen LogP contribution in [0.2, 0.25) is 0 Å². The molecule has 0 bridgehead atoms. The molecule has 0 spiro atoms. The SMILES string of the molecule is CCN(CC)c1ccc(S(=O)(=O)N(C(C)C)C(C)C)cn1. The summed E-state index contributed by atoms with van der Waals surface area (Å²) in [4.78, 5) is 6.64. The minimum atomic E-state index is -3.50. The van der Waals surface area contributed by atoms with Gasteiger partial charge in [-0.3, -0.25) is 0 Å². The van der Waals surface area contributed by atoms with Crippen molar-refractivity contribution < 1.29 is 8.42 Å². The van der Waals surface area contributed by atoms with E-state index in [9.17, 15) is 8.42 Å². The Hall–Kier alpha value is -1.14. The number of rotatable bonds is 7. The zero-order chi connectivity index (χ0) is 16.2. The molecular weight excluding hydrogens is 286 g/mol. The van der Waals surface area contributed by atoms with Gasteiger partial charge in [-0.25, -0.2) is 13.4 Å². The van der Waals surface area contributed by atoms with Crippen LogP contribution in [0.3, 0.4) is 0 Å². The van der Waals surface area contributed by atoms with Crippen LogP contribution >= 0.6 is 0 Å². The number of sulfonamides is 1. The van der Waals surface area contributed by atoms with Crippen molar-refractivity contribution in [1.29, 1.82) is 0 Å². The van der Waals surface area contributed by atoms with Gasteiger partial charge in [0.2, 0.25) is 10.0 Å². The van der Waals surface area contributed by atoms with E-state index in [1.165, 1.54) is 10.5 Å². The first kappa shape index (κ1) is 17.9. The summed E-state index contributed by atoms with van der Waals surface area (Å²) in [5.74, 6) is 0.805. The van der Waals surface area contributed by atoms with E-state index in [-0.39, 0.29) is 17.0 Å². The maximum atomic E-state index is 12.7. The maximum absolute atomic E-state index is 12.7. The molecule has 0 saturated carbocycles. The number of pyridine rings is 1. The van der Waals surface area contributed by atoms with Crippen LogP contribution in [0.15, 0.2) is 23.2 Å². The molecule has 0 aromatic carbocycles. The van der Waals surface area contributed by atoms with Gasteiger partial charge in [0.05, 0.1) is 0 Å². The highest BCUT2D eigenvalue weighted by molar-refractivity contribution is 7.89. The molecule has 0 atom stereocenters. The second-order valence-corrected chi connectivity index (χ2v) is 7.39. The van der Waals surface area contributed by atoms with E-state index in [4.69, 9.17) is 0 Å². The minimum absolute atomic E-state index is 0.0857. The van der Waals surface area contributed by atoms with Gasteiger partial charge in [0, 0.05) is 31.4 Å². The highest BCUT2D eigenvalue weighted by atomic mass is 32.2. The van der Waals surface area contributed by atoms with Crippen LogP contribution in [0, 0.1) is 0 Å². The van der Waals surface area contributed by atoms with E-state index >= 15 is 0 Å². The summed E-state index contributed by atoms with van der Waals surface area (Å²) in [6.07, 6.45) is 1.46. The second kappa shape index (κ2) is 7.22. The van der Waals surface area contributed by atoms with Gasteiger partial charge in [0.25, 0.3) is 0 Å². The molecule has 0 fully saturated rings. The van der Waals surface area contributed by atoms with E-state index in [2.05, 4.69) is 23.7 Å². The van der Waals surface area contributed by atoms with Crippen molar-refractivity contribution in [3.05, 3.63) is 18.3 Å². The van der Waals surface area contributed by atoms with Crippen molar-refractivity contribution >= 4 is 15.8 Å². The molecule has 0 saturated heterocycles. The number of hydrogen-bond donors (Lipinski definition) is 0. The van der Waals surface area contributed by atoms with E-state index in [0.29, 0.717) is 0 Å². The third kappa shape index (κ3) is 3.95. The first-order valence-corrected chi connectivity index (χ1v) is 8.94. The molecule has 21 heavy (non-hydrogen) atoms. The number of hydrogen-bond acceptors (Lipinski definition) is 4. The van der Waals surface area contributed by atoms with Crippen LogP contribution in [0.1, 0.15) is 41.5 Å². The molecule has 1 heterocycles. The van der Waals surface area contributed by atoms with Crippen LogP contribution in [0.4, 0.5) is 5.82 Å². The lowest BCUT2D eigenvalue weighted by atomic mass is 10.3.